The van der Waals surface area contributed by atoms with Crippen LogP contribution in [0.2, 0.25) is 0 Å². The minimum Gasteiger partial charge on any atom is -0.352 e. The summed E-state index contributed by atoms with van der Waals surface area (Å²) >= 11 is 0. The maximum Gasteiger partial charge on any atom is 0.416 e. The fraction of sp³-hybridized carbons (Fsp3) is 0.242. The van der Waals surface area contributed by atoms with Gasteiger partial charge in [0.25, 0.3) is 5.91 Å². The van der Waals surface area contributed by atoms with Crippen molar-refractivity contribution in [3.8, 4) is 11.1 Å². The molecule has 0 spiro atoms. The standard InChI is InChI=1S/C33H33F3N2O/c1-22-17-23(2)31(24(3)18-22)15-16-38-32(39)29-6-4-5-28(19-29)27-11-7-25(8-12-27)20-37-21-26-9-13-30(14-10-26)33(34,35)36/h4-14,17-19,37H,15-16,20-21H2,1-3H3,(H,38,39). The molecule has 0 aromatic heterocycles. The Morgan fingerprint density at radius 1 is 0.744 bits per heavy atom. The quantitative estimate of drug-likeness (QED) is 0.234. The lowest BCUT2D eigenvalue weighted by Gasteiger charge is -2.12. The molecule has 0 atom stereocenters. The van der Waals surface area contributed by atoms with Crippen LogP contribution in [0.3, 0.4) is 0 Å². The van der Waals surface area contributed by atoms with Gasteiger partial charge in [-0.2, -0.15) is 13.2 Å². The number of hydrogen-bond acceptors (Lipinski definition) is 2. The maximum atomic E-state index is 12.8. The normalized spacial score (nSPS) is 11.4. The van der Waals surface area contributed by atoms with Crippen LogP contribution in [-0.2, 0) is 25.7 Å². The van der Waals surface area contributed by atoms with Crippen LogP contribution in [0.15, 0.2) is 84.9 Å². The first-order valence-electron chi connectivity index (χ1n) is 13.0. The Kier molecular flexibility index (Phi) is 8.87. The SMILES string of the molecule is Cc1cc(C)c(CCNC(=O)c2cccc(-c3ccc(CNCc4ccc(C(F)(F)F)cc4)cc3)c2)c(C)c1. The van der Waals surface area contributed by atoms with Crippen molar-refractivity contribution in [2.75, 3.05) is 6.54 Å². The molecule has 0 heterocycles. The monoisotopic (exact) mass is 530 g/mol. The second-order valence-corrected chi connectivity index (χ2v) is 9.96. The minimum atomic E-state index is -4.32. The zero-order valence-electron chi connectivity index (χ0n) is 22.5. The van der Waals surface area contributed by atoms with Gasteiger partial charge in [-0.1, -0.05) is 66.2 Å². The number of amides is 1. The molecule has 39 heavy (non-hydrogen) atoms. The summed E-state index contributed by atoms with van der Waals surface area (Å²) in [6.45, 7) is 7.95. The molecule has 0 bridgehead atoms. The zero-order chi connectivity index (χ0) is 28.0. The number of hydrogen-bond donors (Lipinski definition) is 2. The number of benzene rings is 4. The molecule has 1 amide bonds. The number of rotatable bonds is 9. The highest BCUT2D eigenvalue weighted by Gasteiger charge is 2.29. The van der Waals surface area contributed by atoms with Crippen LogP contribution in [0.5, 0.6) is 0 Å². The molecule has 0 unspecified atom stereocenters. The first-order valence-corrected chi connectivity index (χ1v) is 13.0. The molecular formula is C33H33F3N2O. The highest BCUT2D eigenvalue weighted by Crippen LogP contribution is 2.29. The van der Waals surface area contributed by atoms with E-state index in [1.54, 1.807) is 0 Å². The molecule has 0 aliphatic heterocycles. The average Bonchev–Trinajstić information content (AvgIpc) is 2.90. The summed E-state index contributed by atoms with van der Waals surface area (Å²) in [4.78, 5) is 12.8. The van der Waals surface area contributed by atoms with Gasteiger partial charge in [0.15, 0.2) is 0 Å². The molecule has 4 aromatic rings. The summed E-state index contributed by atoms with van der Waals surface area (Å²) in [6, 6.07) is 25.2. The number of aryl methyl sites for hydroxylation is 3. The van der Waals surface area contributed by atoms with Crippen LogP contribution in [-0.4, -0.2) is 12.5 Å². The van der Waals surface area contributed by atoms with E-state index in [4.69, 9.17) is 0 Å². The lowest BCUT2D eigenvalue weighted by atomic mass is 9.97. The Morgan fingerprint density at radius 3 is 1.92 bits per heavy atom. The Balaban J connectivity index is 1.30. The van der Waals surface area contributed by atoms with Crippen molar-refractivity contribution in [3.05, 3.63) is 129 Å². The van der Waals surface area contributed by atoms with Gasteiger partial charge in [0, 0.05) is 25.2 Å². The molecule has 0 saturated carbocycles. The molecule has 0 fully saturated rings. The summed E-state index contributed by atoms with van der Waals surface area (Å²) < 4.78 is 38.1. The Morgan fingerprint density at radius 2 is 1.33 bits per heavy atom. The first-order chi connectivity index (χ1) is 18.6. The van der Waals surface area contributed by atoms with Gasteiger partial charge in [-0.05, 0) is 90.4 Å². The molecule has 6 heteroatoms. The average molecular weight is 531 g/mol. The minimum absolute atomic E-state index is 0.0941. The Bertz CT molecular complexity index is 1400. The summed E-state index contributed by atoms with van der Waals surface area (Å²) in [5.74, 6) is -0.0941. The second kappa shape index (κ2) is 12.3. The zero-order valence-corrected chi connectivity index (χ0v) is 22.5. The van der Waals surface area contributed by atoms with E-state index in [1.807, 2.05) is 48.5 Å². The van der Waals surface area contributed by atoms with E-state index in [-0.39, 0.29) is 5.91 Å². The number of nitrogens with one attached hydrogen (secondary N) is 2. The maximum absolute atomic E-state index is 12.8. The molecule has 0 radical (unpaired) electrons. The third-order valence-electron chi connectivity index (χ3n) is 6.85. The van der Waals surface area contributed by atoms with E-state index >= 15 is 0 Å². The predicted octanol–water partition coefficient (Wildman–Crippen LogP) is 7.56. The lowest BCUT2D eigenvalue weighted by Crippen LogP contribution is -2.26. The van der Waals surface area contributed by atoms with Crippen LogP contribution < -0.4 is 10.6 Å². The first kappa shape index (κ1) is 28.1. The van der Waals surface area contributed by atoms with Gasteiger partial charge in [0.1, 0.15) is 0 Å². The Hall–Kier alpha value is -3.90. The highest BCUT2D eigenvalue weighted by molar-refractivity contribution is 5.95. The van der Waals surface area contributed by atoms with Crippen molar-refractivity contribution in [2.45, 2.75) is 46.5 Å². The van der Waals surface area contributed by atoms with E-state index in [9.17, 15) is 18.0 Å². The van der Waals surface area contributed by atoms with E-state index in [0.717, 1.165) is 40.8 Å². The lowest BCUT2D eigenvalue weighted by molar-refractivity contribution is -0.137. The van der Waals surface area contributed by atoms with Crippen molar-refractivity contribution < 1.29 is 18.0 Å². The van der Waals surface area contributed by atoms with Crippen LogP contribution in [0, 0.1) is 20.8 Å². The molecule has 0 saturated heterocycles. The number of carbonyl (C=O) groups excluding carboxylic acids is 1. The van der Waals surface area contributed by atoms with Crippen LogP contribution in [0.25, 0.3) is 11.1 Å². The largest absolute Gasteiger partial charge is 0.416 e. The molecule has 2 N–H and O–H groups in total. The highest BCUT2D eigenvalue weighted by atomic mass is 19.4. The third-order valence-corrected chi connectivity index (χ3v) is 6.85. The summed E-state index contributed by atoms with van der Waals surface area (Å²) in [5, 5.41) is 6.31. The number of halogens is 3. The van der Waals surface area contributed by atoms with E-state index in [0.29, 0.717) is 25.2 Å². The van der Waals surface area contributed by atoms with Gasteiger partial charge in [-0.3, -0.25) is 4.79 Å². The van der Waals surface area contributed by atoms with Crippen molar-refractivity contribution in [3.63, 3.8) is 0 Å². The topological polar surface area (TPSA) is 41.1 Å². The van der Waals surface area contributed by atoms with Gasteiger partial charge in [-0.25, -0.2) is 0 Å². The predicted molar refractivity (Wildman–Crippen MR) is 151 cm³/mol. The second-order valence-electron chi connectivity index (χ2n) is 9.96. The molecule has 202 valence electrons. The van der Waals surface area contributed by atoms with Crippen molar-refractivity contribution >= 4 is 5.91 Å². The number of carbonyl (C=O) groups is 1. The Labute approximate surface area is 228 Å². The number of alkyl halides is 3. The van der Waals surface area contributed by atoms with Gasteiger partial charge in [-0.15, -0.1) is 0 Å². The van der Waals surface area contributed by atoms with E-state index in [1.165, 1.54) is 34.4 Å². The van der Waals surface area contributed by atoms with Crippen molar-refractivity contribution in [1.29, 1.82) is 0 Å². The summed E-state index contributed by atoms with van der Waals surface area (Å²) in [7, 11) is 0. The van der Waals surface area contributed by atoms with E-state index in [2.05, 4.69) is 43.5 Å². The molecular weight excluding hydrogens is 497 g/mol. The van der Waals surface area contributed by atoms with Crippen LogP contribution in [0.1, 0.15) is 49.3 Å². The van der Waals surface area contributed by atoms with Gasteiger partial charge < -0.3 is 10.6 Å². The smallest absolute Gasteiger partial charge is 0.352 e. The molecule has 3 nitrogen and oxygen atoms in total. The van der Waals surface area contributed by atoms with Crippen LogP contribution >= 0.6 is 0 Å². The van der Waals surface area contributed by atoms with Crippen molar-refractivity contribution in [1.82, 2.24) is 10.6 Å². The van der Waals surface area contributed by atoms with Crippen LogP contribution in [0.4, 0.5) is 13.2 Å². The fourth-order valence-electron chi connectivity index (χ4n) is 4.83. The molecule has 4 aromatic carbocycles. The molecule has 0 aliphatic rings. The van der Waals surface area contributed by atoms with Gasteiger partial charge >= 0.3 is 6.18 Å². The molecule has 4 rings (SSSR count). The third kappa shape index (κ3) is 7.58. The van der Waals surface area contributed by atoms with Crippen molar-refractivity contribution in [2.24, 2.45) is 0 Å². The summed E-state index contributed by atoms with van der Waals surface area (Å²) in [5.41, 5.74) is 8.81. The van der Waals surface area contributed by atoms with E-state index < -0.39 is 11.7 Å². The molecule has 0 aliphatic carbocycles. The van der Waals surface area contributed by atoms with Gasteiger partial charge in [0.05, 0.1) is 5.56 Å². The van der Waals surface area contributed by atoms with Gasteiger partial charge in [0.2, 0.25) is 0 Å². The fourth-order valence-corrected chi connectivity index (χ4v) is 4.83. The summed E-state index contributed by atoms with van der Waals surface area (Å²) in [6.07, 6.45) is -3.53.